The van der Waals surface area contributed by atoms with Gasteiger partial charge in [-0.1, -0.05) is 30.3 Å². The van der Waals surface area contributed by atoms with Crippen LogP contribution in [0.4, 0.5) is 0 Å². The van der Waals surface area contributed by atoms with Crippen LogP contribution >= 0.6 is 15.2 Å². The second-order valence-electron chi connectivity index (χ2n) is 5.07. The quantitative estimate of drug-likeness (QED) is 0.345. The Morgan fingerprint density at radius 2 is 1.68 bits per heavy atom. The molecule has 0 spiro atoms. The minimum Gasteiger partial charge on any atom is -0.329 e. The van der Waals surface area contributed by atoms with Crippen LogP contribution in [0.5, 0.6) is 0 Å². The zero-order valence-electron chi connectivity index (χ0n) is 11.9. The summed E-state index contributed by atoms with van der Waals surface area (Å²) in [7, 11) is -8.87. The van der Waals surface area contributed by atoms with Crippen LogP contribution in [0.15, 0.2) is 30.3 Å². The Bertz CT molecular complexity index is 544. The molecule has 0 amide bonds. The molecule has 1 aromatic carbocycles. The molecule has 0 aliphatic carbocycles. The molecule has 0 fully saturated rings. The first kappa shape index (κ1) is 19.5. The molecule has 0 aliphatic heterocycles. The summed E-state index contributed by atoms with van der Waals surface area (Å²) < 4.78 is 22.4. The van der Waals surface area contributed by atoms with Crippen molar-refractivity contribution in [3.63, 3.8) is 0 Å². The predicted octanol–water partition coefficient (Wildman–Crippen LogP) is 0.218. The largest absolute Gasteiger partial charge is 0.342 e. The first-order chi connectivity index (χ1) is 10.1. The summed E-state index contributed by atoms with van der Waals surface area (Å²) in [6.45, 7) is 0.140. The minimum absolute atomic E-state index is 0.140. The maximum Gasteiger partial charge on any atom is 0.342 e. The molecule has 22 heavy (non-hydrogen) atoms. The highest BCUT2D eigenvalue weighted by Gasteiger charge is 2.32. The molecule has 1 aromatic rings. The normalized spacial score (nSPS) is 15.5. The van der Waals surface area contributed by atoms with E-state index in [1.54, 1.807) is 0 Å². The SMILES string of the molecule is NCC(Cc1ccccc1)NC(CCP(=O)(O)O)P(=O)(O)O. The zero-order valence-corrected chi connectivity index (χ0v) is 13.7. The standard InChI is InChI=1S/C12H22N2O6P2/c13-9-11(8-10-4-2-1-3-5-10)14-12(22(18,19)20)6-7-21(15,16)17/h1-5,11-12,14H,6-9,13H2,(H2,15,16,17)(H2,18,19,20). The van der Waals surface area contributed by atoms with Crippen LogP contribution in [-0.2, 0) is 15.6 Å². The van der Waals surface area contributed by atoms with E-state index in [9.17, 15) is 18.9 Å². The van der Waals surface area contributed by atoms with Gasteiger partial charge in [-0.3, -0.25) is 14.4 Å². The summed E-state index contributed by atoms with van der Waals surface area (Å²) in [5.41, 5.74) is 6.57. The summed E-state index contributed by atoms with van der Waals surface area (Å²) >= 11 is 0. The van der Waals surface area contributed by atoms with Crippen molar-refractivity contribution in [2.75, 3.05) is 12.7 Å². The summed E-state index contributed by atoms with van der Waals surface area (Å²) in [4.78, 5) is 36.4. The maximum absolute atomic E-state index is 11.5. The lowest BCUT2D eigenvalue weighted by atomic mass is 10.1. The molecule has 1 rings (SSSR count). The van der Waals surface area contributed by atoms with E-state index in [-0.39, 0.29) is 13.0 Å². The van der Waals surface area contributed by atoms with Crippen LogP contribution < -0.4 is 11.1 Å². The van der Waals surface area contributed by atoms with Crippen LogP contribution in [0, 0.1) is 0 Å². The number of nitrogens with one attached hydrogen (secondary N) is 1. The Kier molecular flexibility index (Phi) is 7.38. The van der Waals surface area contributed by atoms with E-state index in [4.69, 9.17) is 15.5 Å². The number of hydrogen-bond acceptors (Lipinski definition) is 4. The number of nitrogens with two attached hydrogens (primary N) is 1. The lowest BCUT2D eigenvalue weighted by molar-refractivity contribution is 0.329. The Hall–Kier alpha value is -0.560. The molecule has 0 radical (unpaired) electrons. The highest BCUT2D eigenvalue weighted by molar-refractivity contribution is 7.53. The van der Waals surface area contributed by atoms with E-state index in [2.05, 4.69) is 5.32 Å². The van der Waals surface area contributed by atoms with Gasteiger partial charge < -0.3 is 25.3 Å². The van der Waals surface area contributed by atoms with Crippen molar-refractivity contribution in [3.8, 4) is 0 Å². The van der Waals surface area contributed by atoms with Gasteiger partial charge in [-0.05, 0) is 18.4 Å². The third-order valence-corrected chi connectivity index (χ3v) is 5.20. The minimum atomic E-state index is -4.54. The maximum atomic E-state index is 11.5. The topological polar surface area (TPSA) is 153 Å². The van der Waals surface area contributed by atoms with Gasteiger partial charge in [0.15, 0.2) is 0 Å². The summed E-state index contributed by atoms with van der Waals surface area (Å²) in [6, 6.07) is 8.87. The van der Waals surface area contributed by atoms with Gasteiger partial charge in [0.25, 0.3) is 0 Å². The fourth-order valence-corrected chi connectivity index (χ4v) is 3.69. The zero-order chi connectivity index (χ0) is 16.8. The van der Waals surface area contributed by atoms with Gasteiger partial charge in [0.05, 0.1) is 6.16 Å². The lowest BCUT2D eigenvalue weighted by Gasteiger charge is -2.26. The Labute approximate surface area is 129 Å². The molecule has 0 heterocycles. The van der Waals surface area contributed by atoms with E-state index >= 15 is 0 Å². The van der Waals surface area contributed by atoms with Gasteiger partial charge in [-0.2, -0.15) is 0 Å². The smallest absolute Gasteiger partial charge is 0.329 e. The van der Waals surface area contributed by atoms with Crippen LogP contribution in [0.3, 0.4) is 0 Å². The molecular weight excluding hydrogens is 330 g/mol. The molecule has 126 valence electrons. The van der Waals surface area contributed by atoms with Crippen molar-refractivity contribution >= 4 is 15.2 Å². The van der Waals surface area contributed by atoms with Gasteiger partial charge in [0, 0.05) is 12.6 Å². The number of rotatable bonds is 9. The van der Waals surface area contributed by atoms with Crippen molar-refractivity contribution in [1.29, 1.82) is 0 Å². The fourth-order valence-electron chi connectivity index (χ4n) is 2.02. The van der Waals surface area contributed by atoms with Crippen LogP contribution in [-0.4, -0.2) is 44.1 Å². The molecule has 0 saturated carbocycles. The molecule has 2 unspecified atom stereocenters. The fraction of sp³-hybridized carbons (Fsp3) is 0.500. The van der Waals surface area contributed by atoms with Crippen LogP contribution in [0.25, 0.3) is 0 Å². The Morgan fingerprint density at radius 3 is 2.14 bits per heavy atom. The van der Waals surface area contributed by atoms with E-state index in [0.717, 1.165) is 5.56 Å². The molecule has 8 nitrogen and oxygen atoms in total. The van der Waals surface area contributed by atoms with Crippen molar-refractivity contribution in [2.24, 2.45) is 5.73 Å². The first-order valence-corrected chi connectivity index (χ1v) is 10.2. The first-order valence-electron chi connectivity index (χ1n) is 6.71. The van der Waals surface area contributed by atoms with E-state index in [1.165, 1.54) is 0 Å². The molecule has 0 saturated heterocycles. The highest BCUT2D eigenvalue weighted by Crippen LogP contribution is 2.45. The summed E-state index contributed by atoms with van der Waals surface area (Å²) in [5.74, 6) is -1.34. The Balaban J connectivity index is 2.73. The van der Waals surface area contributed by atoms with Gasteiger partial charge >= 0.3 is 15.2 Å². The molecule has 0 aliphatic rings. The average molecular weight is 352 g/mol. The van der Waals surface area contributed by atoms with Gasteiger partial charge in [-0.25, -0.2) is 0 Å². The van der Waals surface area contributed by atoms with Crippen molar-refractivity contribution in [2.45, 2.75) is 24.7 Å². The van der Waals surface area contributed by atoms with E-state index in [0.29, 0.717) is 6.42 Å². The Morgan fingerprint density at radius 1 is 1.09 bits per heavy atom. The monoisotopic (exact) mass is 352 g/mol. The van der Waals surface area contributed by atoms with Crippen LogP contribution in [0.1, 0.15) is 12.0 Å². The summed E-state index contributed by atoms with van der Waals surface area (Å²) in [6.07, 6.45) is -0.470. The predicted molar refractivity (Wildman–Crippen MR) is 83.5 cm³/mol. The second kappa shape index (κ2) is 8.34. The highest BCUT2D eigenvalue weighted by atomic mass is 31.2. The molecule has 0 bridgehead atoms. The van der Waals surface area contributed by atoms with Gasteiger partial charge in [-0.15, -0.1) is 0 Å². The third kappa shape index (κ3) is 7.63. The lowest BCUT2D eigenvalue weighted by Crippen LogP contribution is -2.44. The second-order valence-corrected chi connectivity index (χ2v) is 8.65. The van der Waals surface area contributed by atoms with Crippen molar-refractivity contribution < 1.29 is 28.7 Å². The van der Waals surface area contributed by atoms with E-state index < -0.39 is 33.2 Å². The average Bonchev–Trinajstić information content (AvgIpc) is 2.40. The van der Waals surface area contributed by atoms with Crippen molar-refractivity contribution in [3.05, 3.63) is 35.9 Å². The molecular formula is C12H22N2O6P2. The molecule has 2 atom stereocenters. The van der Waals surface area contributed by atoms with Gasteiger partial charge in [0.1, 0.15) is 5.78 Å². The molecule has 0 aromatic heterocycles. The molecule has 7 N–H and O–H groups in total. The van der Waals surface area contributed by atoms with Gasteiger partial charge in [0.2, 0.25) is 0 Å². The van der Waals surface area contributed by atoms with Crippen molar-refractivity contribution in [1.82, 2.24) is 5.32 Å². The van der Waals surface area contributed by atoms with Crippen LogP contribution in [0.2, 0.25) is 0 Å². The molecule has 10 heteroatoms. The van der Waals surface area contributed by atoms with E-state index in [1.807, 2.05) is 30.3 Å². The number of hydrogen-bond donors (Lipinski definition) is 6. The number of benzene rings is 1. The third-order valence-electron chi connectivity index (χ3n) is 3.14. The summed E-state index contributed by atoms with van der Waals surface area (Å²) in [5, 5.41) is 2.73.